The lowest BCUT2D eigenvalue weighted by Crippen LogP contribution is -2.29. The summed E-state index contributed by atoms with van der Waals surface area (Å²) < 4.78 is 0. The van der Waals surface area contributed by atoms with E-state index in [4.69, 9.17) is 0 Å². The predicted molar refractivity (Wildman–Crippen MR) is 112 cm³/mol. The smallest absolute Gasteiger partial charge is 0.259 e. The number of amides is 3. The van der Waals surface area contributed by atoms with Crippen molar-refractivity contribution in [3.8, 4) is 0 Å². The van der Waals surface area contributed by atoms with Crippen LogP contribution in [0.15, 0.2) is 24.3 Å². The molecule has 0 unspecified atom stereocenters. The molecule has 1 aromatic heterocycles. The number of rotatable bonds is 8. The molecule has 154 valence electrons. The lowest BCUT2D eigenvalue weighted by atomic mass is 10.1. The lowest BCUT2D eigenvalue weighted by Gasteiger charge is -2.16. The highest BCUT2D eigenvalue weighted by atomic mass is 32.1. The van der Waals surface area contributed by atoms with Crippen molar-refractivity contribution in [2.75, 3.05) is 23.7 Å². The quantitative estimate of drug-likeness (QED) is 0.690. The number of carbonyl (C=O) groups excluding carboxylic acids is 3. The van der Waals surface area contributed by atoms with E-state index in [1.54, 1.807) is 29.2 Å². The molecule has 3 rings (SSSR count). The molecule has 0 radical (unpaired) electrons. The number of hydrogen-bond donors (Lipinski definition) is 2. The summed E-state index contributed by atoms with van der Waals surface area (Å²) >= 11 is 1.32. The minimum atomic E-state index is -0.411. The summed E-state index contributed by atoms with van der Waals surface area (Å²) in [5.41, 5.74) is 0.746. The average Bonchev–Trinajstić information content (AvgIpc) is 3.33. The molecule has 1 aromatic carbocycles. The van der Waals surface area contributed by atoms with Crippen LogP contribution in [-0.2, 0) is 16.0 Å². The summed E-state index contributed by atoms with van der Waals surface area (Å²) in [6.45, 7) is 5.13. The number of unbranched alkanes of at least 4 members (excludes halogenated alkanes) is 1. The molecule has 1 atom stereocenters. The van der Waals surface area contributed by atoms with Crippen molar-refractivity contribution >= 4 is 39.9 Å². The van der Waals surface area contributed by atoms with Crippen molar-refractivity contribution in [2.45, 2.75) is 39.5 Å². The summed E-state index contributed by atoms with van der Waals surface area (Å²) in [6, 6.07) is 6.80. The highest BCUT2D eigenvalue weighted by molar-refractivity contribution is 7.15. The molecule has 9 heteroatoms. The van der Waals surface area contributed by atoms with E-state index in [-0.39, 0.29) is 24.1 Å². The van der Waals surface area contributed by atoms with Gasteiger partial charge in [-0.3, -0.25) is 19.7 Å². The third-order valence-corrected chi connectivity index (χ3v) is 5.77. The summed E-state index contributed by atoms with van der Waals surface area (Å²) in [5.74, 6) is -1.02. The Morgan fingerprint density at radius 3 is 2.72 bits per heavy atom. The Bertz CT molecular complexity index is 898. The molecule has 2 heterocycles. The first kappa shape index (κ1) is 20.9. The van der Waals surface area contributed by atoms with Crippen LogP contribution in [0.1, 0.15) is 48.5 Å². The topological polar surface area (TPSA) is 104 Å². The van der Waals surface area contributed by atoms with Crippen molar-refractivity contribution in [3.05, 3.63) is 34.8 Å². The number of anilines is 2. The van der Waals surface area contributed by atoms with Gasteiger partial charge in [-0.2, -0.15) is 0 Å². The number of aryl methyl sites for hydroxylation is 1. The Morgan fingerprint density at radius 2 is 2.00 bits per heavy atom. The summed E-state index contributed by atoms with van der Waals surface area (Å²) in [4.78, 5) is 39.3. The second-order valence-electron chi connectivity index (χ2n) is 6.94. The molecule has 0 aliphatic carbocycles. The van der Waals surface area contributed by atoms with E-state index in [1.807, 2.05) is 6.92 Å². The molecule has 1 aliphatic rings. The van der Waals surface area contributed by atoms with Gasteiger partial charge in [0.05, 0.1) is 17.2 Å². The number of benzene rings is 1. The zero-order chi connectivity index (χ0) is 20.8. The van der Waals surface area contributed by atoms with Crippen molar-refractivity contribution in [2.24, 2.45) is 5.92 Å². The van der Waals surface area contributed by atoms with Gasteiger partial charge in [0.15, 0.2) is 0 Å². The average molecular weight is 416 g/mol. The Labute approximate surface area is 173 Å². The Kier molecular flexibility index (Phi) is 6.92. The van der Waals surface area contributed by atoms with E-state index in [0.29, 0.717) is 29.5 Å². The second kappa shape index (κ2) is 9.60. The zero-order valence-electron chi connectivity index (χ0n) is 16.6. The molecular formula is C20H25N5O3S. The first-order valence-electron chi connectivity index (χ1n) is 9.83. The number of likely N-dealkylation sites (tertiary alicyclic amines) is 1. The molecule has 1 aliphatic heterocycles. The maximum Gasteiger partial charge on any atom is 0.259 e. The van der Waals surface area contributed by atoms with Gasteiger partial charge in [-0.05, 0) is 25.0 Å². The maximum absolute atomic E-state index is 12.7. The van der Waals surface area contributed by atoms with E-state index in [0.717, 1.165) is 24.3 Å². The lowest BCUT2D eigenvalue weighted by molar-refractivity contribution is -0.128. The minimum Gasteiger partial charge on any atom is -0.342 e. The largest absolute Gasteiger partial charge is 0.342 e. The molecule has 3 amide bonds. The van der Waals surface area contributed by atoms with Crippen LogP contribution < -0.4 is 10.6 Å². The van der Waals surface area contributed by atoms with Gasteiger partial charge in [-0.25, -0.2) is 0 Å². The maximum atomic E-state index is 12.7. The molecule has 2 aromatic rings. The van der Waals surface area contributed by atoms with Crippen LogP contribution in [0.25, 0.3) is 0 Å². The first-order chi connectivity index (χ1) is 14.0. The van der Waals surface area contributed by atoms with Gasteiger partial charge in [-0.15, -0.1) is 10.2 Å². The van der Waals surface area contributed by atoms with Gasteiger partial charge in [0.1, 0.15) is 5.01 Å². The predicted octanol–water partition coefficient (Wildman–Crippen LogP) is 2.94. The highest BCUT2D eigenvalue weighted by Crippen LogP contribution is 2.23. The van der Waals surface area contributed by atoms with Crippen LogP contribution in [0.3, 0.4) is 0 Å². The zero-order valence-corrected chi connectivity index (χ0v) is 17.4. The van der Waals surface area contributed by atoms with Gasteiger partial charge in [0.25, 0.3) is 5.91 Å². The second-order valence-corrected chi connectivity index (χ2v) is 8.00. The minimum absolute atomic E-state index is 0.00706. The highest BCUT2D eigenvalue weighted by Gasteiger charge is 2.34. The third kappa shape index (κ3) is 5.17. The van der Waals surface area contributed by atoms with Crippen molar-refractivity contribution in [1.82, 2.24) is 15.1 Å². The summed E-state index contributed by atoms with van der Waals surface area (Å²) in [7, 11) is 0. The van der Waals surface area contributed by atoms with E-state index in [1.165, 1.54) is 11.3 Å². The molecule has 1 saturated heterocycles. The van der Waals surface area contributed by atoms with Gasteiger partial charge in [0, 0.05) is 19.5 Å². The fourth-order valence-corrected chi connectivity index (χ4v) is 3.82. The van der Waals surface area contributed by atoms with Crippen LogP contribution in [0.5, 0.6) is 0 Å². The third-order valence-electron chi connectivity index (χ3n) is 4.79. The number of hydrogen-bond acceptors (Lipinski definition) is 6. The molecule has 8 nitrogen and oxygen atoms in total. The fourth-order valence-electron chi connectivity index (χ4n) is 3.15. The molecule has 1 fully saturated rings. The van der Waals surface area contributed by atoms with Gasteiger partial charge in [0.2, 0.25) is 16.9 Å². The van der Waals surface area contributed by atoms with Gasteiger partial charge >= 0.3 is 0 Å². The Hall–Kier alpha value is -2.81. The van der Waals surface area contributed by atoms with Crippen LogP contribution in [0.4, 0.5) is 10.8 Å². The van der Waals surface area contributed by atoms with Gasteiger partial charge < -0.3 is 10.2 Å². The van der Waals surface area contributed by atoms with Crippen LogP contribution in [0.2, 0.25) is 0 Å². The monoisotopic (exact) mass is 415 g/mol. The molecule has 0 bridgehead atoms. The van der Waals surface area contributed by atoms with Crippen molar-refractivity contribution < 1.29 is 14.4 Å². The standard InChI is InChI=1S/C20H25N5O3S/c1-3-5-10-25-12-13(11-17(25)26)18(27)21-15-9-7-6-8-14(15)19(28)22-20-24-23-16(4-2)29-20/h6-9,13H,3-5,10-12H2,1-2H3,(H,21,27)(H,22,24,28)/t13-/m1/s1. The first-order valence-corrected chi connectivity index (χ1v) is 10.6. The Morgan fingerprint density at radius 1 is 1.21 bits per heavy atom. The molecule has 0 saturated carbocycles. The van der Waals surface area contributed by atoms with E-state index < -0.39 is 5.92 Å². The van der Waals surface area contributed by atoms with E-state index >= 15 is 0 Å². The fraction of sp³-hybridized carbons (Fsp3) is 0.450. The van der Waals surface area contributed by atoms with Crippen LogP contribution in [-0.4, -0.2) is 45.9 Å². The SMILES string of the molecule is CCCCN1C[C@H](C(=O)Nc2ccccc2C(=O)Nc2nnc(CC)s2)CC1=O. The van der Waals surface area contributed by atoms with Gasteiger partial charge in [-0.1, -0.05) is 43.7 Å². The normalized spacial score (nSPS) is 16.1. The number of aromatic nitrogens is 2. The van der Waals surface area contributed by atoms with Crippen LogP contribution in [0, 0.1) is 5.92 Å². The summed E-state index contributed by atoms with van der Waals surface area (Å²) in [6.07, 6.45) is 2.87. The molecule has 2 N–H and O–H groups in total. The number of nitrogens with zero attached hydrogens (tertiary/aromatic N) is 3. The Balaban J connectivity index is 1.66. The molecule has 0 spiro atoms. The van der Waals surface area contributed by atoms with E-state index in [2.05, 4.69) is 27.8 Å². The van der Waals surface area contributed by atoms with E-state index in [9.17, 15) is 14.4 Å². The molecular weight excluding hydrogens is 390 g/mol. The summed E-state index contributed by atoms with van der Waals surface area (Å²) in [5, 5.41) is 14.7. The molecule has 29 heavy (non-hydrogen) atoms. The number of para-hydroxylation sites is 1. The van der Waals surface area contributed by atoms with Crippen molar-refractivity contribution in [3.63, 3.8) is 0 Å². The number of carbonyl (C=O) groups is 3. The van der Waals surface area contributed by atoms with Crippen LogP contribution >= 0.6 is 11.3 Å². The van der Waals surface area contributed by atoms with Crippen molar-refractivity contribution in [1.29, 1.82) is 0 Å². The number of nitrogens with one attached hydrogen (secondary N) is 2.